The van der Waals surface area contributed by atoms with Gasteiger partial charge in [-0.15, -0.1) is 0 Å². The van der Waals surface area contributed by atoms with Gasteiger partial charge in [0.1, 0.15) is 19.6 Å². The number of hydrogen-bond acceptors (Lipinski definition) is 5. The van der Waals surface area contributed by atoms with Crippen LogP contribution >= 0.6 is 0 Å². The van der Waals surface area contributed by atoms with E-state index in [1.807, 2.05) is 6.92 Å². The Hall–Kier alpha value is -2.12. The molecule has 0 aromatic rings. The van der Waals surface area contributed by atoms with Gasteiger partial charge in [-0.2, -0.15) is 0 Å². The summed E-state index contributed by atoms with van der Waals surface area (Å²) in [6, 6.07) is -0.502. The largest absolute Gasteiger partial charge is 0.468 e. The van der Waals surface area contributed by atoms with Gasteiger partial charge in [0, 0.05) is 13.6 Å². The predicted molar refractivity (Wildman–Crippen MR) is 68.6 cm³/mol. The first-order valence-electron chi connectivity index (χ1n) is 6.30. The lowest BCUT2D eigenvalue weighted by molar-refractivity contribution is -0.147. The van der Waals surface area contributed by atoms with Gasteiger partial charge in [0.2, 0.25) is 5.91 Å². The second-order valence-electron chi connectivity index (χ2n) is 4.51. The van der Waals surface area contributed by atoms with Crippen LogP contribution in [-0.2, 0) is 19.1 Å². The molecule has 0 atom stereocenters. The molecule has 0 aromatic heterocycles. The third-order valence-electron chi connectivity index (χ3n) is 2.92. The van der Waals surface area contributed by atoms with Gasteiger partial charge in [0.15, 0.2) is 0 Å². The lowest BCUT2D eigenvalue weighted by atomic mass is 10.3. The fourth-order valence-corrected chi connectivity index (χ4v) is 1.84. The summed E-state index contributed by atoms with van der Waals surface area (Å²) in [6.07, 6.45) is 0.657. The Morgan fingerprint density at radius 2 is 2.00 bits per heavy atom. The number of hydrogen-bond donors (Lipinski definition) is 0. The summed E-state index contributed by atoms with van der Waals surface area (Å²) in [5.41, 5.74) is 0. The molecule has 0 bridgehead atoms. The number of imide groups is 1. The van der Waals surface area contributed by atoms with Gasteiger partial charge in [0.05, 0.1) is 7.11 Å². The van der Waals surface area contributed by atoms with E-state index in [1.165, 1.54) is 24.0 Å². The monoisotopic (exact) mass is 285 g/mol. The molecular formula is C12H19N3O5. The summed E-state index contributed by atoms with van der Waals surface area (Å²) < 4.78 is 4.52. The van der Waals surface area contributed by atoms with Crippen molar-refractivity contribution in [1.29, 1.82) is 0 Å². The number of carbonyl (C=O) groups excluding carboxylic acids is 4. The van der Waals surface area contributed by atoms with Gasteiger partial charge in [-0.3, -0.25) is 19.3 Å². The van der Waals surface area contributed by atoms with Crippen molar-refractivity contribution in [2.75, 3.05) is 40.3 Å². The van der Waals surface area contributed by atoms with Gasteiger partial charge in [-0.25, -0.2) is 4.79 Å². The first-order valence-corrected chi connectivity index (χ1v) is 6.30. The zero-order valence-electron chi connectivity index (χ0n) is 11.9. The van der Waals surface area contributed by atoms with Gasteiger partial charge < -0.3 is 14.5 Å². The number of carbonyl (C=O) groups is 4. The van der Waals surface area contributed by atoms with E-state index in [0.717, 1.165) is 4.90 Å². The SMILES string of the molecule is CCCN(CC(=O)OC)C(=O)CN1C(=O)CN(C)C1=O. The van der Waals surface area contributed by atoms with E-state index in [-0.39, 0.29) is 19.6 Å². The standard InChI is InChI=1S/C12H19N3O5/c1-4-5-14(8-11(18)20-3)9(16)7-15-10(17)6-13(2)12(15)19/h4-8H2,1-3H3. The highest BCUT2D eigenvalue weighted by molar-refractivity contribution is 6.04. The molecule has 1 aliphatic heterocycles. The molecule has 1 fully saturated rings. The Bertz CT molecular complexity index is 423. The molecule has 1 aliphatic rings. The molecule has 1 saturated heterocycles. The Morgan fingerprint density at radius 3 is 2.45 bits per heavy atom. The van der Waals surface area contributed by atoms with Gasteiger partial charge >= 0.3 is 12.0 Å². The second kappa shape index (κ2) is 6.88. The van der Waals surface area contributed by atoms with Crippen LogP contribution in [0.25, 0.3) is 0 Å². The number of likely N-dealkylation sites (N-methyl/N-ethyl adjacent to an activating group) is 1. The van der Waals surface area contributed by atoms with Crippen molar-refractivity contribution in [3.8, 4) is 0 Å². The van der Waals surface area contributed by atoms with Crippen molar-refractivity contribution in [3.05, 3.63) is 0 Å². The summed E-state index contributed by atoms with van der Waals surface area (Å²) in [6.45, 7) is 1.66. The van der Waals surface area contributed by atoms with Crippen molar-refractivity contribution < 1.29 is 23.9 Å². The molecule has 0 spiro atoms. The van der Waals surface area contributed by atoms with Gasteiger partial charge in [-0.05, 0) is 6.42 Å². The number of nitrogens with zero attached hydrogens (tertiary/aromatic N) is 3. The summed E-state index contributed by atoms with van der Waals surface area (Å²) in [5.74, 6) is -1.40. The highest BCUT2D eigenvalue weighted by atomic mass is 16.5. The minimum atomic E-state index is -0.539. The minimum absolute atomic E-state index is 0.0309. The third-order valence-corrected chi connectivity index (χ3v) is 2.92. The number of esters is 1. The van der Waals surface area contributed by atoms with E-state index in [2.05, 4.69) is 4.74 Å². The molecule has 1 heterocycles. The number of amides is 4. The molecule has 0 unspecified atom stereocenters. The molecule has 0 aliphatic carbocycles. The topological polar surface area (TPSA) is 87.2 Å². The third kappa shape index (κ3) is 3.69. The Labute approximate surface area is 117 Å². The van der Waals surface area contributed by atoms with Crippen LogP contribution in [0.4, 0.5) is 4.79 Å². The van der Waals surface area contributed by atoms with E-state index in [9.17, 15) is 19.2 Å². The van der Waals surface area contributed by atoms with Crippen LogP contribution in [0.2, 0.25) is 0 Å². The first-order chi connectivity index (χ1) is 9.40. The molecule has 0 radical (unpaired) electrons. The average molecular weight is 285 g/mol. The maximum absolute atomic E-state index is 12.1. The van der Waals surface area contributed by atoms with Gasteiger partial charge in [-0.1, -0.05) is 6.92 Å². The molecule has 4 amide bonds. The van der Waals surface area contributed by atoms with E-state index < -0.39 is 23.8 Å². The smallest absolute Gasteiger partial charge is 0.327 e. The van der Waals surface area contributed by atoms with Crippen LogP contribution in [0.15, 0.2) is 0 Å². The zero-order chi connectivity index (χ0) is 15.3. The number of urea groups is 1. The lowest BCUT2D eigenvalue weighted by Crippen LogP contribution is -2.45. The van der Waals surface area contributed by atoms with Crippen molar-refractivity contribution >= 4 is 23.8 Å². The summed E-state index contributed by atoms with van der Waals surface area (Å²) >= 11 is 0. The Morgan fingerprint density at radius 1 is 1.35 bits per heavy atom. The quantitative estimate of drug-likeness (QED) is 0.475. The Balaban J connectivity index is 2.68. The van der Waals surface area contributed by atoms with Gasteiger partial charge in [0.25, 0.3) is 5.91 Å². The minimum Gasteiger partial charge on any atom is -0.468 e. The summed E-state index contributed by atoms with van der Waals surface area (Å²) in [4.78, 5) is 50.0. The van der Waals surface area contributed by atoms with Crippen molar-refractivity contribution in [2.45, 2.75) is 13.3 Å². The number of methoxy groups -OCH3 is 1. The molecule has 8 nitrogen and oxygen atoms in total. The first kappa shape index (κ1) is 15.9. The molecular weight excluding hydrogens is 266 g/mol. The molecule has 0 N–H and O–H groups in total. The fraction of sp³-hybridized carbons (Fsp3) is 0.667. The zero-order valence-corrected chi connectivity index (χ0v) is 11.9. The van der Waals surface area contributed by atoms with Crippen molar-refractivity contribution in [1.82, 2.24) is 14.7 Å². The highest BCUT2D eigenvalue weighted by Gasteiger charge is 2.35. The summed E-state index contributed by atoms with van der Waals surface area (Å²) in [7, 11) is 2.72. The van der Waals surface area contributed by atoms with Crippen molar-refractivity contribution in [3.63, 3.8) is 0 Å². The lowest BCUT2D eigenvalue weighted by Gasteiger charge is -2.23. The van der Waals surface area contributed by atoms with E-state index >= 15 is 0 Å². The predicted octanol–water partition coefficient (Wildman–Crippen LogP) is -0.708. The molecule has 112 valence electrons. The van der Waals surface area contributed by atoms with E-state index in [4.69, 9.17) is 0 Å². The van der Waals surface area contributed by atoms with E-state index in [1.54, 1.807) is 0 Å². The number of ether oxygens (including phenoxy) is 1. The van der Waals surface area contributed by atoms with Crippen LogP contribution in [0, 0.1) is 0 Å². The molecule has 20 heavy (non-hydrogen) atoms. The maximum Gasteiger partial charge on any atom is 0.327 e. The highest BCUT2D eigenvalue weighted by Crippen LogP contribution is 2.08. The van der Waals surface area contributed by atoms with E-state index in [0.29, 0.717) is 13.0 Å². The van der Waals surface area contributed by atoms with Crippen LogP contribution in [0.3, 0.4) is 0 Å². The summed E-state index contributed by atoms with van der Waals surface area (Å²) in [5, 5.41) is 0. The van der Waals surface area contributed by atoms with Crippen LogP contribution in [0.5, 0.6) is 0 Å². The molecule has 0 saturated carbocycles. The number of rotatable bonds is 6. The molecule has 8 heteroatoms. The van der Waals surface area contributed by atoms with Crippen LogP contribution in [-0.4, -0.2) is 78.9 Å². The Kier molecular flexibility index (Phi) is 5.48. The van der Waals surface area contributed by atoms with Crippen molar-refractivity contribution in [2.24, 2.45) is 0 Å². The molecule has 0 aromatic carbocycles. The normalized spacial score (nSPS) is 14.8. The fourth-order valence-electron chi connectivity index (χ4n) is 1.84. The average Bonchev–Trinajstić information content (AvgIpc) is 2.64. The van der Waals surface area contributed by atoms with Crippen LogP contribution in [0.1, 0.15) is 13.3 Å². The maximum atomic E-state index is 12.1. The van der Waals surface area contributed by atoms with Crippen LogP contribution < -0.4 is 0 Å². The molecule has 1 rings (SSSR count). The second-order valence-corrected chi connectivity index (χ2v) is 4.51.